The van der Waals surface area contributed by atoms with E-state index < -0.39 is 18.0 Å². The van der Waals surface area contributed by atoms with E-state index in [0.29, 0.717) is 12.1 Å². The second-order valence-corrected chi connectivity index (χ2v) is 5.87. The minimum absolute atomic E-state index is 0.135. The van der Waals surface area contributed by atoms with Crippen molar-refractivity contribution in [2.45, 2.75) is 39.7 Å². The number of amides is 2. The largest absolute Gasteiger partial charge is 0.480 e. The van der Waals surface area contributed by atoms with Crippen molar-refractivity contribution < 1.29 is 14.7 Å². The summed E-state index contributed by atoms with van der Waals surface area (Å²) in [5, 5.41) is 14.4. The highest BCUT2D eigenvalue weighted by Crippen LogP contribution is 2.21. The molecule has 1 aromatic carbocycles. The quantitative estimate of drug-likeness (QED) is 0.727. The van der Waals surface area contributed by atoms with Gasteiger partial charge in [0.15, 0.2) is 0 Å². The third kappa shape index (κ3) is 5.04. The zero-order chi connectivity index (χ0) is 16.0. The van der Waals surface area contributed by atoms with Gasteiger partial charge >= 0.3 is 12.0 Å². The fraction of sp³-hybridized carbons (Fsp3) is 0.467. The molecule has 0 aliphatic carbocycles. The van der Waals surface area contributed by atoms with E-state index in [4.69, 9.17) is 0 Å². The van der Waals surface area contributed by atoms with Crippen LogP contribution >= 0.6 is 15.9 Å². The summed E-state index contributed by atoms with van der Waals surface area (Å²) >= 11 is 3.39. The van der Waals surface area contributed by atoms with Gasteiger partial charge in [-0.3, -0.25) is 0 Å². The predicted molar refractivity (Wildman–Crippen MR) is 86.6 cm³/mol. The number of benzene rings is 1. The number of hydrogen-bond donors (Lipinski definition) is 3. The molecule has 2 atom stereocenters. The monoisotopic (exact) mass is 356 g/mol. The standard InChI is InChI=1S/C15H21BrN2O3/c1-4-9(3)13(14(19)20)18-15(21)17-12-7-6-11(16)8-10(12)5-2/h6-9,13H,4-5H2,1-3H3,(H,19,20)(H2,17,18,21)/t9?,13-/m0/s1. The summed E-state index contributed by atoms with van der Waals surface area (Å²) in [6.45, 7) is 5.68. The molecule has 0 saturated carbocycles. The van der Waals surface area contributed by atoms with Gasteiger partial charge in [0.25, 0.3) is 0 Å². The molecule has 5 nitrogen and oxygen atoms in total. The van der Waals surface area contributed by atoms with Gasteiger partial charge in [-0.1, -0.05) is 43.1 Å². The van der Waals surface area contributed by atoms with E-state index in [1.165, 1.54) is 0 Å². The van der Waals surface area contributed by atoms with Gasteiger partial charge in [-0.2, -0.15) is 0 Å². The van der Waals surface area contributed by atoms with Gasteiger partial charge in [-0.25, -0.2) is 9.59 Å². The normalized spacial score (nSPS) is 13.3. The Balaban J connectivity index is 2.79. The summed E-state index contributed by atoms with van der Waals surface area (Å²) in [4.78, 5) is 23.2. The molecule has 0 saturated heterocycles. The fourth-order valence-corrected chi connectivity index (χ4v) is 2.37. The highest BCUT2D eigenvalue weighted by atomic mass is 79.9. The van der Waals surface area contributed by atoms with E-state index >= 15 is 0 Å². The van der Waals surface area contributed by atoms with Crippen LogP contribution in [-0.2, 0) is 11.2 Å². The number of halogens is 1. The van der Waals surface area contributed by atoms with Gasteiger partial charge in [0, 0.05) is 10.2 Å². The van der Waals surface area contributed by atoms with Gasteiger partial charge in [0.2, 0.25) is 0 Å². The number of carboxylic acids is 1. The molecule has 0 aliphatic rings. The van der Waals surface area contributed by atoms with Gasteiger partial charge < -0.3 is 15.7 Å². The third-order valence-corrected chi connectivity index (χ3v) is 3.96. The van der Waals surface area contributed by atoms with E-state index in [1.807, 2.05) is 26.0 Å². The maximum atomic E-state index is 12.0. The summed E-state index contributed by atoms with van der Waals surface area (Å²) in [6.07, 6.45) is 1.44. The first-order valence-electron chi connectivity index (χ1n) is 6.97. The summed E-state index contributed by atoms with van der Waals surface area (Å²) in [5.74, 6) is -1.16. The molecule has 0 heterocycles. The Morgan fingerprint density at radius 1 is 1.33 bits per heavy atom. The molecule has 1 aromatic rings. The molecule has 3 N–H and O–H groups in total. The number of rotatable bonds is 6. The summed E-state index contributed by atoms with van der Waals surface area (Å²) < 4.78 is 0.938. The molecular weight excluding hydrogens is 336 g/mol. The van der Waals surface area contributed by atoms with Crippen molar-refractivity contribution in [3.8, 4) is 0 Å². The minimum atomic E-state index is -1.02. The molecule has 0 bridgehead atoms. The lowest BCUT2D eigenvalue weighted by molar-refractivity contribution is -0.140. The van der Waals surface area contributed by atoms with Crippen molar-refractivity contribution in [3.05, 3.63) is 28.2 Å². The van der Waals surface area contributed by atoms with Crippen LogP contribution in [0.3, 0.4) is 0 Å². The van der Waals surface area contributed by atoms with E-state index in [9.17, 15) is 14.7 Å². The van der Waals surface area contributed by atoms with Crippen molar-refractivity contribution in [1.29, 1.82) is 0 Å². The highest BCUT2D eigenvalue weighted by Gasteiger charge is 2.25. The Morgan fingerprint density at radius 3 is 2.52 bits per heavy atom. The SMILES string of the molecule is CCc1cc(Br)ccc1NC(=O)N[C@H](C(=O)O)C(C)CC. The van der Waals surface area contributed by atoms with Crippen LogP contribution < -0.4 is 10.6 Å². The van der Waals surface area contributed by atoms with Crippen LogP contribution in [0.5, 0.6) is 0 Å². The number of urea groups is 1. The number of carbonyl (C=O) groups is 2. The fourth-order valence-electron chi connectivity index (χ4n) is 1.96. The van der Waals surface area contributed by atoms with Gasteiger partial charge in [0.05, 0.1) is 0 Å². The number of nitrogens with one attached hydrogen (secondary N) is 2. The Hall–Kier alpha value is -1.56. The zero-order valence-electron chi connectivity index (χ0n) is 12.4. The molecule has 0 spiro atoms. The number of aryl methyl sites for hydroxylation is 1. The number of carboxylic acid groups (broad SMARTS) is 1. The summed E-state index contributed by atoms with van der Waals surface area (Å²) in [7, 11) is 0. The average Bonchev–Trinajstić information content (AvgIpc) is 2.45. The van der Waals surface area contributed by atoms with E-state index in [-0.39, 0.29) is 5.92 Å². The molecule has 6 heteroatoms. The highest BCUT2D eigenvalue weighted by molar-refractivity contribution is 9.10. The first-order chi connectivity index (χ1) is 9.88. The van der Waals surface area contributed by atoms with E-state index in [2.05, 4.69) is 26.6 Å². The van der Waals surface area contributed by atoms with Gasteiger partial charge in [-0.15, -0.1) is 0 Å². The molecule has 21 heavy (non-hydrogen) atoms. The van der Waals surface area contributed by atoms with Crippen molar-refractivity contribution in [3.63, 3.8) is 0 Å². The van der Waals surface area contributed by atoms with Crippen molar-refractivity contribution in [2.24, 2.45) is 5.92 Å². The van der Waals surface area contributed by atoms with Crippen LogP contribution in [0.4, 0.5) is 10.5 Å². The molecule has 1 unspecified atom stereocenters. The Bertz CT molecular complexity index is 520. The second-order valence-electron chi connectivity index (χ2n) is 4.95. The maximum absolute atomic E-state index is 12.0. The molecular formula is C15H21BrN2O3. The Kier molecular flexibility index (Phi) is 6.68. The molecule has 116 valence electrons. The van der Waals surface area contributed by atoms with Crippen LogP contribution in [0.15, 0.2) is 22.7 Å². The van der Waals surface area contributed by atoms with Crippen LogP contribution in [-0.4, -0.2) is 23.1 Å². The summed E-state index contributed by atoms with van der Waals surface area (Å²) in [6, 6.07) is 4.16. The lowest BCUT2D eigenvalue weighted by Gasteiger charge is -2.21. The van der Waals surface area contributed by atoms with Crippen molar-refractivity contribution in [2.75, 3.05) is 5.32 Å². The Labute approximate surface area is 133 Å². The molecule has 0 aliphatic heterocycles. The van der Waals surface area contributed by atoms with Crippen LogP contribution in [0.2, 0.25) is 0 Å². The predicted octanol–water partition coefficient (Wildman–Crippen LogP) is 3.63. The first kappa shape index (κ1) is 17.5. The third-order valence-electron chi connectivity index (χ3n) is 3.46. The van der Waals surface area contributed by atoms with Crippen molar-refractivity contribution >= 4 is 33.6 Å². The number of hydrogen-bond acceptors (Lipinski definition) is 2. The zero-order valence-corrected chi connectivity index (χ0v) is 14.0. The number of carbonyl (C=O) groups excluding carboxylic acids is 1. The van der Waals surface area contributed by atoms with E-state index in [1.54, 1.807) is 13.0 Å². The topological polar surface area (TPSA) is 78.4 Å². The lowest BCUT2D eigenvalue weighted by Crippen LogP contribution is -2.46. The molecule has 1 rings (SSSR count). The second kappa shape index (κ2) is 8.02. The first-order valence-corrected chi connectivity index (χ1v) is 7.77. The Morgan fingerprint density at radius 2 is 2.00 bits per heavy atom. The maximum Gasteiger partial charge on any atom is 0.326 e. The molecule has 0 aromatic heterocycles. The number of anilines is 1. The molecule has 2 amide bonds. The van der Waals surface area contributed by atoms with Gasteiger partial charge in [0.1, 0.15) is 6.04 Å². The summed E-state index contributed by atoms with van der Waals surface area (Å²) in [5.41, 5.74) is 1.67. The van der Waals surface area contributed by atoms with Crippen LogP contribution in [0, 0.1) is 5.92 Å². The number of aliphatic carboxylic acids is 1. The van der Waals surface area contributed by atoms with Gasteiger partial charge in [-0.05, 0) is 36.1 Å². The van der Waals surface area contributed by atoms with Crippen LogP contribution in [0.25, 0.3) is 0 Å². The molecule has 0 fully saturated rings. The smallest absolute Gasteiger partial charge is 0.326 e. The minimum Gasteiger partial charge on any atom is -0.480 e. The molecule has 0 radical (unpaired) electrons. The van der Waals surface area contributed by atoms with Crippen molar-refractivity contribution in [1.82, 2.24) is 5.32 Å². The van der Waals surface area contributed by atoms with Crippen LogP contribution in [0.1, 0.15) is 32.8 Å². The average molecular weight is 357 g/mol. The lowest BCUT2D eigenvalue weighted by atomic mass is 9.99. The van der Waals surface area contributed by atoms with E-state index in [0.717, 1.165) is 16.5 Å².